The summed E-state index contributed by atoms with van der Waals surface area (Å²) in [6, 6.07) is 8.58. The van der Waals surface area contributed by atoms with Crippen molar-refractivity contribution in [1.82, 2.24) is 0 Å². The van der Waals surface area contributed by atoms with Gasteiger partial charge in [-0.1, -0.05) is 45.3 Å². The third-order valence-electron chi connectivity index (χ3n) is 3.09. The molecule has 3 heteroatoms. The molecule has 0 aliphatic carbocycles. The molecule has 2 rings (SSSR count). The maximum absolute atomic E-state index is 13.9. The van der Waals surface area contributed by atoms with Crippen LogP contribution in [-0.4, -0.2) is 0 Å². The zero-order chi connectivity index (χ0) is 14.2. The van der Waals surface area contributed by atoms with E-state index in [4.69, 9.17) is 0 Å². The molecule has 0 nitrogen and oxygen atoms in total. The minimum Gasteiger partial charge on any atom is -0.207 e. The van der Waals surface area contributed by atoms with Gasteiger partial charge in [0.2, 0.25) is 0 Å². The quantitative estimate of drug-likeness (QED) is 0.651. The smallest absolute Gasteiger partial charge is 0.130 e. The van der Waals surface area contributed by atoms with E-state index in [1.807, 2.05) is 26.0 Å². The van der Waals surface area contributed by atoms with Crippen molar-refractivity contribution in [2.45, 2.75) is 25.6 Å². The topological polar surface area (TPSA) is 0 Å². The Bertz CT molecular complexity index is 600. The fourth-order valence-electron chi connectivity index (χ4n) is 2.21. The van der Waals surface area contributed by atoms with Crippen LogP contribution < -0.4 is 0 Å². The Morgan fingerprint density at radius 3 is 2.00 bits per heavy atom. The van der Waals surface area contributed by atoms with Crippen molar-refractivity contribution in [2.75, 3.05) is 0 Å². The van der Waals surface area contributed by atoms with Crippen molar-refractivity contribution < 1.29 is 8.78 Å². The molecule has 0 radical (unpaired) electrons. The van der Waals surface area contributed by atoms with Gasteiger partial charge in [0.1, 0.15) is 11.6 Å². The third kappa shape index (κ3) is 3.03. The number of alkyl halides is 1. The first kappa shape index (κ1) is 14.2. The number of rotatable bonds is 2. The lowest BCUT2D eigenvalue weighted by Gasteiger charge is -2.14. The van der Waals surface area contributed by atoms with Crippen molar-refractivity contribution in [2.24, 2.45) is 0 Å². The molecule has 19 heavy (non-hydrogen) atoms. The number of benzene rings is 2. The predicted octanol–water partition coefficient (Wildman–Crippen LogP) is 5.37. The van der Waals surface area contributed by atoms with E-state index in [2.05, 4.69) is 22.0 Å². The van der Waals surface area contributed by atoms with Crippen LogP contribution >= 0.6 is 15.9 Å². The lowest BCUT2D eigenvalue weighted by molar-refractivity contribution is 0.569. The number of hydrogen-bond acceptors (Lipinski definition) is 0. The third-order valence-corrected chi connectivity index (χ3v) is 4.11. The molecule has 0 heterocycles. The first-order valence-electron chi connectivity index (χ1n) is 6.06. The van der Waals surface area contributed by atoms with Crippen LogP contribution in [0.1, 0.15) is 32.6 Å². The highest BCUT2D eigenvalue weighted by molar-refractivity contribution is 9.09. The van der Waals surface area contributed by atoms with E-state index >= 15 is 0 Å². The van der Waals surface area contributed by atoms with Crippen molar-refractivity contribution >= 4 is 15.9 Å². The number of halogens is 3. The Morgan fingerprint density at radius 2 is 1.42 bits per heavy atom. The van der Waals surface area contributed by atoms with E-state index in [9.17, 15) is 8.78 Å². The maximum Gasteiger partial charge on any atom is 0.130 e. The average molecular weight is 325 g/mol. The molecule has 0 fully saturated rings. The van der Waals surface area contributed by atoms with E-state index in [-0.39, 0.29) is 4.83 Å². The molecule has 2 aromatic rings. The molecule has 0 spiro atoms. The van der Waals surface area contributed by atoms with Gasteiger partial charge in [-0.25, -0.2) is 8.78 Å². The van der Waals surface area contributed by atoms with Gasteiger partial charge in [-0.15, -0.1) is 0 Å². The van der Waals surface area contributed by atoms with Gasteiger partial charge in [0, 0.05) is 11.6 Å². The molecule has 1 atom stereocenters. The van der Waals surface area contributed by atoms with E-state index in [0.717, 1.165) is 22.8 Å². The van der Waals surface area contributed by atoms with E-state index in [0.29, 0.717) is 11.1 Å². The SMILES string of the molecule is Cc1cc(C)cc(C(Br)c2cc(C)c(F)cc2F)c1. The van der Waals surface area contributed by atoms with E-state index < -0.39 is 11.6 Å². The van der Waals surface area contributed by atoms with Crippen LogP contribution in [0.3, 0.4) is 0 Å². The monoisotopic (exact) mass is 324 g/mol. The highest BCUT2D eigenvalue weighted by Gasteiger charge is 2.17. The Morgan fingerprint density at radius 1 is 0.842 bits per heavy atom. The highest BCUT2D eigenvalue weighted by atomic mass is 79.9. The van der Waals surface area contributed by atoms with Crippen LogP contribution in [0.5, 0.6) is 0 Å². The van der Waals surface area contributed by atoms with Crippen LogP contribution in [0.2, 0.25) is 0 Å². The lowest BCUT2D eigenvalue weighted by Crippen LogP contribution is -2.00. The molecule has 0 amide bonds. The van der Waals surface area contributed by atoms with Gasteiger partial charge in [0.05, 0.1) is 4.83 Å². The normalized spacial score (nSPS) is 12.5. The zero-order valence-corrected chi connectivity index (χ0v) is 12.7. The van der Waals surface area contributed by atoms with Crippen molar-refractivity contribution in [3.8, 4) is 0 Å². The van der Waals surface area contributed by atoms with Gasteiger partial charge in [0.15, 0.2) is 0 Å². The minimum absolute atomic E-state index is 0.273. The van der Waals surface area contributed by atoms with Crippen molar-refractivity contribution in [3.05, 3.63) is 69.8 Å². The molecule has 0 aliphatic heterocycles. The van der Waals surface area contributed by atoms with Crippen molar-refractivity contribution in [3.63, 3.8) is 0 Å². The summed E-state index contributed by atoms with van der Waals surface area (Å²) in [5.41, 5.74) is 4.13. The van der Waals surface area contributed by atoms with Crippen LogP contribution in [0.15, 0.2) is 30.3 Å². The molecule has 0 saturated heterocycles. The van der Waals surface area contributed by atoms with E-state index in [1.54, 1.807) is 13.0 Å². The zero-order valence-electron chi connectivity index (χ0n) is 11.1. The highest BCUT2D eigenvalue weighted by Crippen LogP contribution is 2.34. The second kappa shape index (κ2) is 5.41. The van der Waals surface area contributed by atoms with Crippen LogP contribution in [-0.2, 0) is 0 Å². The summed E-state index contributed by atoms with van der Waals surface area (Å²) in [6.07, 6.45) is 0. The van der Waals surface area contributed by atoms with Crippen LogP contribution in [0.25, 0.3) is 0 Å². The summed E-state index contributed by atoms with van der Waals surface area (Å²) in [5, 5.41) is 0. The summed E-state index contributed by atoms with van der Waals surface area (Å²) >= 11 is 3.51. The molecule has 0 N–H and O–H groups in total. The van der Waals surface area contributed by atoms with Crippen LogP contribution in [0.4, 0.5) is 8.78 Å². The van der Waals surface area contributed by atoms with E-state index in [1.165, 1.54) is 0 Å². The number of aryl methyl sites for hydroxylation is 3. The molecule has 0 saturated carbocycles. The van der Waals surface area contributed by atoms with Gasteiger partial charge in [-0.2, -0.15) is 0 Å². The van der Waals surface area contributed by atoms with Gasteiger partial charge >= 0.3 is 0 Å². The predicted molar refractivity (Wildman–Crippen MR) is 77.8 cm³/mol. The first-order valence-corrected chi connectivity index (χ1v) is 6.98. The summed E-state index contributed by atoms with van der Waals surface area (Å²) in [5.74, 6) is -1.04. The summed E-state index contributed by atoms with van der Waals surface area (Å²) in [6.45, 7) is 5.64. The molecule has 0 aromatic heterocycles. The molecule has 1 unspecified atom stereocenters. The Labute approximate surface area is 120 Å². The Kier molecular flexibility index (Phi) is 4.04. The second-order valence-corrected chi connectivity index (χ2v) is 5.82. The first-order chi connectivity index (χ1) is 8.88. The molecule has 0 bridgehead atoms. The van der Waals surface area contributed by atoms with Gasteiger partial charge < -0.3 is 0 Å². The fraction of sp³-hybridized carbons (Fsp3) is 0.250. The Hall–Kier alpha value is -1.22. The maximum atomic E-state index is 13.9. The summed E-state index contributed by atoms with van der Waals surface area (Å²) < 4.78 is 27.2. The molecular formula is C16H15BrF2. The minimum atomic E-state index is -0.524. The average Bonchev–Trinajstić information content (AvgIpc) is 2.31. The standard InChI is InChI=1S/C16H15BrF2/c1-9-4-10(2)6-12(5-9)16(17)13-7-11(3)14(18)8-15(13)19/h4-8,16H,1-3H3. The summed E-state index contributed by atoms with van der Waals surface area (Å²) in [4.78, 5) is -0.273. The fourth-order valence-corrected chi connectivity index (χ4v) is 2.82. The van der Waals surface area contributed by atoms with Crippen molar-refractivity contribution in [1.29, 1.82) is 0 Å². The number of hydrogen-bond donors (Lipinski definition) is 0. The molecule has 0 aliphatic rings. The Balaban J connectivity index is 2.49. The summed E-state index contributed by atoms with van der Waals surface area (Å²) in [7, 11) is 0. The van der Waals surface area contributed by atoms with Gasteiger partial charge in [0.25, 0.3) is 0 Å². The second-order valence-electron chi connectivity index (χ2n) is 4.91. The molecule has 2 aromatic carbocycles. The largest absolute Gasteiger partial charge is 0.207 e. The molecular weight excluding hydrogens is 310 g/mol. The molecule has 100 valence electrons. The lowest BCUT2D eigenvalue weighted by atomic mass is 9.99. The van der Waals surface area contributed by atoms with Gasteiger partial charge in [-0.05, 0) is 38.0 Å². The van der Waals surface area contributed by atoms with Crippen LogP contribution in [0, 0.1) is 32.4 Å². The van der Waals surface area contributed by atoms with Gasteiger partial charge in [-0.3, -0.25) is 0 Å².